The van der Waals surface area contributed by atoms with Gasteiger partial charge in [0.15, 0.2) is 12.4 Å². The minimum Gasteiger partial charge on any atom is -0.468 e. The number of nitrogens with two attached hydrogens (primary N) is 1. The Morgan fingerprint density at radius 1 is 1.30 bits per heavy atom. The van der Waals surface area contributed by atoms with Crippen LogP contribution in [0.1, 0.15) is 0 Å². The van der Waals surface area contributed by atoms with Crippen LogP contribution in [0.4, 0.5) is 27.8 Å². The molecule has 0 radical (unpaired) electrons. The van der Waals surface area contributed by atoms with E-state index >= 15 is 0 Å². The maximum Gasteiger partial charge on any atom is 0.456 e. The van der Waals surface area contributed by atoms with E-state index in [1.165, 1.54) is 23.0 Å². The standard InChI is InChI=1S/C9H8F5N5O/c10-8(11,9(12,13)14)4-20-7-6-16-1-2-19(6)3-5(17-7)18-15/h1-3,18H,4,15H2. The number of hydrazine groups is 1. The quantitative estimate of drug-likeness (QED) is 0.509. The molecule has 0 spiro atoms. The molecule has 6 nitrogen and oxygen atoms in total. The van der Waals surface area contributed by atoms with Crippen LogP contribution in [0.3, 0.4) is 0 Å². The highest BCUT2D eigenvalue weighted by atomic mass is 19.4. The number of nitrogen functional groups attached to an aromatic ring is 1. The summed E-state index contributed by atoms with van der Waals surface area (Å²) in [5.41, 5.74) is 2.12. The van der Waals surface area contributed by atoms with Crippen molar-refractivity contribution in [1.82, 2.24) is 14.4 Å². The van der Waals surface area contributed by atoms with Crippen LogP contribution in [-0.4, -0.2) is 33.1 Å². The molecule has 0 saturated carbocycles. The SMILES string of the molecule is NNc1cn2ccnc2c(OCC(F)(F)C(F)(F)F)n1. The Morgan fingerprint density at radius 3 is 2.60 bits per heavy atom. The first kappa shape index (κ1) is 14.2. The second-order valence-corrected chi connectivity index (χ2v) is 3.72. The van der Waals surface area contributed by atoms with Gasteiger partial charge >= 0.3 is 12.1 Å². The molecule has 0 bridgehead atoms. The van der Waals surface area contributed by atoms with Crippen molar-refractivity contribution in [2.75, 3.05) is 12.0 Å². The first-order valence-corrected chi connectivity index (χ1v) is 5.12. The minimum absolute atomic E-state index is 0.0121. The smallest absolute Gasteiger partial charge is 0.456 e. The molecule has 0 aliphatic carbocycles. The van der Waals surface area contributed by atoms with Gasteiger partial charge in [-0.25, -0.2) is 10.8 Å². The van der Waals surface area contributed by atoms with E-state index in [0.29, 0.717) is 0 Å². The third kappa shape index (κ3) is 2.57. The number of halogens is 5. The Morgan fingerprint density at radius 2 is 2.00 bits per heavy atom. The van der Waals surface area contributed by atoms with Crippen molar-refractivity contribution in [3.63, 3.8) is 0 Å². The summed E-state index contributed by atoms with van der Waals surface area (Å²) in [6.07, 6.45) is -1.63. The summed E-state index contributed by atoms with van der Waals surface area (Å²) in [7, 11) is 0. The lowest BCUT2D eigenvalue weighted by molar-refractivity contribution is -0.290. The van der Waals surface area contributed by atoms with Gasteiger partial charge < -0.3 is 10.2 Å². The third-order valence-corrected chi connectivity index (χ3v) is 2.30. The number of alkyl halides is 5. The van der Waals surface area contributed by atoms with Crippen LogP contribution in [0.5, 0.6) is 5.88 Å². The Hall–Kier alpha value is -2.17. The number of anilines is 1. The highest BCUT2D eigenvalue weighted by Crippen LogP contribution is 2.35. The number of rotatable bonds is 4. The molecular formula is C9H8F5N5O. The molecule has 0 atom stereocenters. The molecule has 2 heterocycles. The van der Waals surface area contributed by atoms with Crippen molar-refractivity contribution in [3.8, 4) is 5.88 Å². The van der Waals surface area contributed by atoms with Crippen LogP contribution in [0.25, 0.3) is 5.65 Å². The molecule has 20 heavy (non-hydrogen) atoms. The maximum absolute atomic E-state index is 12.8. The zero-order valence-electron chi connectivity index (χ0n) is 9.66. The van der Waals surface area contributed by atoms with Crippen molar-refractivity contribution in [1.29, 1.82) is 0 Å². The molecule has 11 heteroatoms. The van der Waals surface area contributed by atoms with Crippen LogP contribution in [0.2, 0.25) is 0 Å². The zero-order chi connectivity index (χ0) is 15.0. The number of nitrogens with zero attached hydrogens (tertiary/aromatic N) is 3. The molecule has 0 aliphatic heterocycles. The predicted molar refractivity (Wildman–Crippen MR) is 57.3 cm³/mol. The number of ether oxygens (including phenoxy) is 1. The van der Waals surface area contributed by atoms with E-state index in [1.54, 1.807) is 0 Å². The first-order chi connectivity index (χ1) is 9.24. The number of hydrogen-bond donors (Lipinski definition) is 2. The molecule has 0 fully saturated rings. The first-order valence-electron chi connectivity index (χ1n) is 5.12. The third-order valence-electron chi connectivity index (χ3n) is 2.30. The van der Waals surface area contributed by atoms with Crippen LogP contribution in [0, 0.1) is 0 Å². The number of imidazole rings is 1. The molecule has 110 valence electrons. The highest BCUT2D eigenvalue weighted by molar-refractivity contribution is 5.53. The van der Waals surface area contributed by atoms with Gasteiger partial charge in [0.25, 0.3) is 5.88 Å². The fourth-order valence-electron chi connectivity index (χ4n) is 1.31. The molecule has 2 aromatic heterocycles. The van der Waals surface area contributed by atoms with Gasteiger partial charge in [0.2, 0.25) is 5.65 Å². The van der Waals surface area contributed by atoms with Gasteiger partial charge in [-0.3, -0.25) is 4.40 Å². The molecule has 2 aromatic rings. The zero-order valence-corrected chi connectivity index (χ0v) is 9.66. The van der Waals surface area contributed by atoms with Crippen LogP contribution in [0.15, 0.2) is 18.6 Å². The Kier molecular flexibility index (Phi) is 3.38. The van der Waals surface area contributed by atoms with Gasteiger partial charge in [-0.2, -0.15) is 26.9 Å². The summed E-state index contributed by atoms with van der Waals surface area (Å²) in [5.74, 6) is -0.373. The lowest BCUT2D eigenvalue weighted by atomic mass is 10.3. The number of fused-ring (bicyclic) bond motifs is 1. The molecular weight excluding hydrogens is 289 g/mol. The molecule has 0 aromatic carbocycles. The van der Waals surface area contributed by atoms with Crippen LogP contribution < -0.4 is 16.0 Å². The predicted octanol–water partition coefficient (Wildman–Crippen LogP) is 1.59. The van der Waals surface area contributed by atoms with E-state index in [-0.39, 0.29) is 11.5 Å². The normalized spacial score (nSPS) is 12.7. The average Bonchev–Trinajstić information content (AvgIpc) is 2.82. The summed E-state index contributed by atoms with van der Waals surface area (Å²) in [4.78, 5) is 7.37. The lowest BCUT2D eigenvalue weighted by Crippen LogP contribution is -2.41. The summed E-state index contributed by atoms with van der Waals surface area (Å²) in [5, 5.41) is 0. The minimum atomic E-state index is -5.71. The van der Waals surface area contributed by atoms with Crippen LogP contribution >= 0.6 is 0 Å². The molecule has 0 aliphatic rings. The Labute approximate surface area is 108 Å². The summed E-state index contributed by atoms with van der Waals surface area (Å²) < 4.78 is 67.4. The Bertz CT molecular complexity index is 610. The highest BCUT2D eigenvalue weighted by Gasteiger charge is 2.58. The van der Waals surface area contributed by atoms with Gasteiger partial charge in [-0.1, -0.05) is 0 Å². The van der Waals surface area contributed by atoms with Gasteiger partial charge in [-0.15, -0.1) is 0 Å². The molecule has 0 saturated heterocycles. The largest absolute Gasteiger partial charge is 0.468 e. The number of nitrogens with one attached hydrogen (secondary N) is 1. The summed E-state index contributed by atoms with van der Waals surface area (Å²) in [6, 6.07) is 0. The lowest BCUT2D eigenvalue weighted by Gasteiger charge is -2.19. The average molecular weight is 297 g/mol. The fraction of sp³-hybridized carbons (Fsp3) is 0.333. The van der Waals surface area contributed by atoms with E-state index < -0.39 is 24.6 Å². The van der Waals surface area contributed by atoms with Gasteiger partial charge in [0, 0.05) is 12.4 Å². The molecule has 0 unspecified atom stereocenters. The molecule has 0 amide bonds. The maximum atomic E-state index is 12.8. The topological polar surface area (TPSA) is 77.5 Å². The van der Waals surface area contributed by atoms with E-state index in [2.05, 4.69) is 20.1 Å². The summed E-state index contributed by atoms with van der Waals surface area (Å²) >= 11 is 0. The number of aromatic nitrogens is 3. The van der Waals surface area contributed by atoms with Crippen molar-refractivity contribution in [3.05, 3.63) is 18.6 Å². The second kappa shape index (κ2) is 4.74. The Balaban J connectivity index is 2.27. The fourth-order valence-corrected chi connectivity index (χ4v) is 1.31. The molecule has 3 N–H and O–H groups in total. The van der Waals surface area contributed by atoms with E-state index in [1.807, 2.05) is 0 Å². The van der Waals surface area contributed by atoms with Crippen molar-refractivity contribution in [2.24, 2.45) is 5.84 Å². The van der Waals surface area contributed by atoms with Crippen molar-refractivity contribution < 1.29 is 26.7 Å². The van der Waals surface area contributed by atoms with E-state index in [4.69, 9.17) is 5.84 Å². The van der Waals surface area contributed by atoms with Gasteiger partial charge in [0.1, 0.15) is 0 Å². The number of hydrogen-bond acceptors (Lipinski definition) is 5. The second-order valence-electron chi connectivity index (χ2n) is 3.72. The van der Waals surface area contributed by atoms with Crippen LogP contribution in [-0.2, 0) is 0 Å². The monoisotopic (exact) mass is 297 g/mol. The van der Waals surface area contributed by atoms with Gasteiger partial charge in [-0.05, 0) is 0 Å². The van der Waals surface area contributed by atoms with Gasteiger partial charge in [0.05, 0.1) is 6.20 Å². The van der Waals surface area contributed by atoms with E-state index in [9.17, 15) is 22.0 Å². The van der Waals surface area contributed by atoms with Crippen molar-refractivity contribution in [2.45, 2.75) is 12.1 Å². The molecule has 2 rings (SSSR count). The summed E-state index contributed by atoms with van der Waals surface area (Å²) in [6.45, 7) is -1.90. The van der Waals surface area contributed by atoms with Crippen molar-refractivity contribution >= 4 is 11.5 Å². The van der Waals surface area contributed by atoms with E-state index in [0.717, 1.165) is 0 Å².